The van der Waals surface area contributed by atoms with Crippen molar-refractivity contribution in [3.05, 3.63) is 206 Å². The molecule has 2 aliphatic rings. The van der Waals surface area contributed by atoms with Crippen molar-refractivity contribution in [1.82, 2.24) is 0 Å². The van der Waals surface area contributed by atoms with Gasteiger partial charge < -0.3 is 0 Å². The van der Waals surface area contributed by atoms with Crippen molar-refractivity contribution in [3.8, 4) is 44.5 Å². The molecular weight excluding hydrogens is 725 g/mol. The molecule has 286 valence electrons. The summed E-state index contributed by atoms with van der Waals surface area (Å²) >= 11 is 0. The fraction of sp³-hybridized carbons (Fsp3) is 0.103. The lowest BCUT2D eigenvalue weighted by Gasteiger charge is -2.29. The van der Waals surface area contributed by atoms with Crippen LogP contribution in [0.2, 0.25) is 0 Å². The van der Waals surface area contributed by atoms with Gasteiger partial charge in [-0.2, -0.15) is 0 Å². The van der Waals surface area contributed by atoms with Crippen LogP contribution in [0.4, 0.5) is 0 Å². The van der Waals surface area contributed by atoms with Crippen molar-refractivity contribution < 1.29 is 0 Å². The van der Waals surface area contributed by atoms with E-state index >= 15 is 0 Å². The van der Waals surface area contributed by atoms with Crippen molar-refractivity contribution >= 4 is 54.5 Å². The first-order chi connectivity index (χ1) is 29.5. The zero-order valence-electron chi connectivity index (χ0n) is 33.9. The van der Waals surface area contributed by atoms with Gasteiger partial charge in [-0.1, -0.05) is 177 Å². The van der Waals surface area contributed by atoms with Gasteiger partial charge in [0.25, 0.3) is 0 Å². The van der Waals surface area contributed by atoms with Crippen LogP contribution in [0.15, 0.2) is 210 Å². The minimum atomic E-state index is -0.211. The molecule has 0 N–H and O–H groups in total. The van der Waals surface area contributed by atoms with Crippen molar-refractivity contribution in [2.75, 3.05) is 13.1 Å². The smallest absolute Gasteiger partial charge is 0.0644 e. The number of hydrogen-bond donors (Lipinski definition) is 0. The number of rotatable bonds is 6. The van der Waals surface area contributed by atoms with Gasteiger partial charge in [0.05, 0.1) is 12.3 Å². The first-order valence-electron chi connectivity index (χ1n) is 21.1. The Bertz CT molecular complexity index is 3270. The molecule has 2 nitrogen and oxygen atoms in total. The lowest BCUT2D eigenvalue weighted by atomic mass is 9.80. The van der Waals surface area contributed by atoms with Crippen LogP contribution in [-0.2, 0) is 0 Å². The molecule has 0 saturated heterocycles. The van der Waals surface area contributed by atoms with Gasteiger partial charge >= 0.3 is 0 Å². The van der Waals surface area contributed by atoms with Crippen molar-refractivity contribution in [3.63, 3.8) is 0 Å². The van der Waals surface area contributed by atoms with E-state index in [9.17, 15) is 0 Å². The van der Waals surface area contributed by atoms with E-state index in [2.05, 4.69) is 214 Å². The predicted octanol–water partition coefficient (Wildman–Crippen LogP) is 15.0. The SMILES string of the molecule is CC1C=CC(C2(C)C=CC(c3ccc4c(-c5ccc(-c6ccc7ccccc7c6)cc5)c5ccccc5c(-c5ccc(-c6ccc7ccccc7c6)cc5)c4c3)=NC2)=NC1. The van der Waals surface area contributed by atoms with Crippen LogP contribution in [0.1, 0.15) is 19.4 Å². The molecule has 2 heteroatoms. The summed E-state index contributed by atoms with van der Waals surface area (Å²) in [7, 11) is 0. The fourth-order valence-corrected chi connectivity index (χ4v) is 9.31. The molecular formula is C58H44N2. The molecule has 2 atom stereocenters. The zero-order valence-corrected chi connectivity index (χ0v) is 33.9. The summed E-state index contributed by atoms with van der Waals surface area (Å²) in [6.07, 6.45) is 9.00. The number of fused-ring (bicyclic) bond motifs is 4. The summed E-state index contributed by atoms with van der Waals surface area (Å²) in [5, 5.41) is 9.94. The van der Waals surface area contributed by atoms with Gasteiger partial charge in [-0.3, -0.25) is 9.98 Å². The summed E-state index contributed by atoms with van der Waals surface area (Å²) in [5.41, 5.74) is 12.8. The maximum absolute atomic E-state index is 5.24. The second-order valence-electron chi connectivity index (χ2n) is 16.8. The molecule has 2 aliphatic heterocycles. The number of dihydropyridines is 2. The van der Waals surface area contributed by atoms with Gasteiger partial charge in [0, 0.05) is 23.2 Å². The Kier molecular flexibility index (Phi) is 8.74. The minimum absolute atomic E-state index is 0.211. The molecule has 0 radical (unpaired) electrons. The second-order valence-corrected chi connectivity index (χ2v) is 16.8. The number of allylic oxidation sites excluding steroid dienone is 2. The molecule has 11 rings (SSSR count). The summed E-state index contributed by atoms with van der Waals surface area (Å²) in [6, 6.07) is 64.9. The van der Waals surface area contributed by atoms with E-state index in [4.69, 9.17) is 9.98 Å². The Morgan fingerprint density at radius 2 is 0.917 bits per heavy atom. The molecule has 0 aromatic heterocycles. The maximum Gasteiger partial charge on any atom is 0.0644 e. The summed E-state index contributed by atoms with van der Waals surface area (Å²) < 4.78 is 0. The highest BCUT2D eigenvalue weighted by Crippen LogP contribution is 2.45. The largest absolute Gasteiger partial charge is 0.288 e. The van der Waals surface area contributed by atoms with Crippen LogP contribution >= 0.6 is 0 Å². The Hall–Kier alpha value is -7.16. The number of aliphatic imine (C=N–C) groups is 2. The zero-order chi connectivity index (χ0) is 40.2. The van der Waals surface area contributed by atoms with Crippen LogP contribution in [0.5, 0.6) is 0 Å². The second kappa shape index (κ2) is 14.6. The predicted molar refractivity (Wildman–Crippen MR) is 257 cm³/mol. The third-order valence-electron chi connectivity index (χ3n) is 12.7. The fourth-order valence-electron chi connectivity index (χ4n) is 9.31. The molecule has 0 saturated carbocycles. The van der Waals surface area contributed by atoms with Gasteiger partial charge in [0.2, 0.25) is 0 Å². The Labute approximate surface area is 351 Å². The monoisotopic (exact) mass is 768 g/mol. The molecule has 0 aliphatic carbocycles. The van der Waals surface area contributed by atoms with E-state index in [0.29, 0.717) is 12.5 Å². The molecule has 2 unspecified atom stereocenters. The third kappa shape index (κ3) is 6.37. The lowest BCUT2D eigenvalue weighted by molar-refractivity contribution is 0.596. The molecule has 2 heterocycles. The van der Waals surface area contributed by atoms with E-state index < -0.39 is 0 Å². The first kappa shape index (κ1) is 36.0. The van der Waals surface area contributed by atoms with Gasteiger partial charge in [-0.05, 0) is 131 Å². The van der Waals surface area contributed by atoms with E-state index in [1.165, 1.54) is 87.6 Å². The average Bonchev–Trinajstić information content (AvgIpc) is 3.31. The van der Waals surface area contributed by atoms with Gasteiger partial charge in [-0.25, -0.2) is 0 Å². The van der Waals surface area contributed by atoms with E-state index in [0.717, 1.165) is 23.5 Å². The van der Waals surface area contributed by atoms with Crippen LogP contribution in [0.25, 0.3) is 87.6 Å². The van der Waals surface area contributed by atoms with E-state index in [1.807, 2.05) is 0 Å². The van der Waals surface area contributed by atoms with Crippen LogP contribution in [-0.4, -0.2) is 24.5 Å². The van der Waals surface area contributed by atoms with Gasteiger partial charge in [-0.15, -0.1) is 0 Å². The molecule has 9 aromatic carbocycles. The van der Waals surface area contributed by atoms with Crippen LogP contribution < -0.4 is 0 Å². The number of nitrogens with zero attached hydrogens (tertiary/aromatic N) is 2. The van der Waals surface area contributed by atoms with Gasteiger partial charge in [0.15, 0.2) is 0 Å². The number of hydrogen-bond acceptors (Lipinski definition) is 2. The first-order valence-corrected chi connectivity index (χ1v) is 21.1. The summed E-state index contributed by atoms with van der Waals surface area (Å²) in [4.78, 5) is 10.2. The quantitative estimate of drug-likeness (QED) is 0.151. The van der Waals surface area contributed by atoms with Gasteiger partial charge in [0.1, 0.15) is 0 Å². The van der Waals surface area contributed by atoms with Crippen LogP contribution in [0.3, 0.4) is 0 Å². The van der Waals surface area contributed by atoms with Crippen molar-refractivity contribution in [2.24, 2.45) is 21.3 Å². The Morgan fingerprint density at radius 3 is 1.45 bits per heavy atom. The molecule has 0 bridgehead atoms. The lowest BCUT2D eigenvalue weighted by Crippen LogP contribution is -2.32. The van der Waals surface area contributed by atoms with Crippen molar-refractivity contribution in [1.29, 1.82) is 0 Å². The molecule has 0 spiro atoms. The Morgan fingerprint density at radius 1 is 0.433 bits per heavy atom. The maximum atomic E-state index is 5.24. The van der Waals surface area contributed by atoms with E-state index in [1.54, 1.807) is 0 Å². The van der Waals surface area contributed by atoms with E-state index in [-0.39, 0.29) is 5.41 Å². The normalized spacial score (nSPS) is 17.7. The molecule has 9 aromatic rings. The topological polar surface area (TPSA) is 24.7 Å². The molecule has 60 heavy (non-hydrogen) atoms. The standard InChI is InChI=1S/C58H44N2/c1-38-15-30-55(59-36-38)58(2)32-31-54(60-37-58)49-28-29-52-53(35-49)57(44-24-18-42(19-25-44)48-27-21-40-10-4-6-12-46(40)34-48)51-14-8-7-13-50(51)56(52)43-22-16-41(17-23-43)47-26-20-39-9-3-5-11-45(39)33-47/h3-35,38H,36-37H2,1-2H3. The summed E-state index contributed by atoms with van der Waals surface area (Å²) in [5.74, 6) is 0.481. The third-order valence-corrected chi connectivity index (χ3v) is 12.7. The molecule has 0 fully saturated rings. The highest BCUT2D eigenvalue weighted by atomic mass is 14.8. The Balaban J connectivity index is 1.05. The molecule has 0 amide bonds. The highest BCUT2D eigenvalue weighted by molar-refractivity contribution is 6.23. The number of benzene rings is 9. The minimum Gasteiger partial charge on any atom is -0.288 e. The van der Waals surface area contributed by atoms with Crippen molar-refractivity contribution in [2.45, 2.75) is 13.8 Å². The average molecular weight is 769 g/mol. The summed E-state index contributed by atoms with van der Waals surface area (Å²) in [6.45, 7) is 5.98. The van der Waals surface area contributed by atoms with Crippen LogP contribution in [0, 0.1) is 11.3 Å². The highest BCUT2D eigenvalue weighted by Gasteiger charge is 2.30.